The van der Waals surface area contributed by atoms with Crippen LogP contribution >= 0.6 is 12.4 Å². The highest BCUT2D eigenvalue weighted by atomic mass is 35.5. The largest absolute Gasteiger partial charge is 0.348 e. The summed E-state index contributed by atoms with van der Waals surface area (Å²) in [5.41, 5.74) is 3.05. The van der Waals surface area contributed by atoms with Crippen LogP contribution in [0.4, 0.5) is 0 Å². The molecule has 1 amide bonds. The number of hydrogen-bond acceptors (Lipinski definition) is 5. The van der Waals surface area contributed by atoms with Crippen LogP contribution in [0, 0.1) is 0 Å². The van der Waals surface area contributed by atoms with Crippen LogP contribution in [0.15, 0.2) is 59.1 Å². The summed E-state index contributed by atoms with van der Waals surface area (Å²) in [7, 11) is 1.87. The number of rotatable bonds is 7. The van der Waals surface area contributed by atoms with Gasteiger partial charge in [0.05, 0.1) is 0 Å². The lowest BCUT2D eigenvalue weighted by atomic mass is 10.0. The highest BCUT2D eigenvalue weighted by molar-refractivity contribution is 5.89. The second-order valence-corrected chi connectivity index (χ2v) is 5.58. The third-order valence-electron chi connectivity index (χ3n) is 3.76. The molecule has 0 atom stereocenters. The zero-order valence-corrected chi connectivity index (χ0v) is 15.3. The maximum Gasteiger partial charge on any atom is 0.316 e. The van der Waals surface area contributed by atoms with Gasteiger partial charge in [0, 0.05) is 12.1 Å². The quantitative estimate of drug-likeness (QED) is 0.623. The van der Waals surface area contributed by atoms with E-state index in [1.165, 1.54) is 0 Å². The van der Waals surface area contributed by atoms with Crippen molar-refractivity contribution in [3.8, 4) is 22.5 Å². The Bertz CT molecular complexity index is 819. The van der Waals surface area contributed by atoms with Gasteiger partial charge in [-0.25, -0.2) is 0 Å². The molecule has 2 aromatic carbocycles. The third kappa shape index (κ3) is 4.91. The minimum Gasteiger partial charge on any atom is -0.348 e. The topological polar surface area (TPSA) is 80.0 Å². The molecule has 3 rings (SSSR count). The molecule has 6 nitrogen and oxygen atoms in total. The first kappa shape index (κ1) is 19.6. The van der Waals surface area contributed by atoms with E-state index in [2.05, 4.69) is 32.9 Å². The Morgan fingerprint density at radius 2 is 1.62 bits per heavy atom. The predicted molar refractivity (Wildman–Crippen MR) is 103 cm³/mol. The molecule has 0 aliphatic rings. The number of amides is 1. The molecule has 26 heavy (non-hydrogen) atoms. The molecule has 0 aliphatic heterocycles. The number of aromatic nitrogens is 2. The maximum absolute atomic E-state index is 12.0. The Balaban J connectivity index is 0.00000243. The first-order chi connectivity index (χ1) is 12.3. The number of halogens is 1. The molecule has 0 radical (unpaired) electrons. The minimum atomic E-state index is -0.351. The summed E-state index contributed by atoms with van der Waals surface area (Å²) in [6, 6.07) is 17.9. The molecular weight excluding hydrogens is 352 g/mol. The van der Waals surface area contributed by atoms with E-state index < -0.39 is 0 Å². The van der Waals surface area contributed by atoms with Gasteiger partial charge >= 0.3 is 11.8 Å². The Labute approximate surface area is 158 Å². The molecule has 1 aromatic heterocycles. The van der Waals surface area contributed by atoms with Crippen LogP contribution in [0.3, 0.4) is 0 Å². The molecule has 0 saturated carbocycles. The van der Waals surface area contributed by atoms with Crippen LogP contribution < -0.4 is 10.6 Å². The van der Waals surface area contributed by atoms with Crippen LogP contribution in [-0.4, -0.2) is 36.2 Å². The second kappa shape index (κ2) is 9.70. The standard InChI is InChI=1S/C19H20N4O2.ClH/c1-20-12-5-13-21-18(24)19-22-17(23-25-19)16-10-8-15(9-11-16)14-6-3-2-4-7-14;/h2-4,6-11,20H,5,12-13H2,1H3,(H,21,24);1H. The second-order valence-electron chi connectivity index (χ2n) is 5.58. The van der Waals surface area contributed by atoms with Crippen LogP contribution in [0.1, 0.15) is 17.1 Å². The molecule has 0 fully saturated rings. The van der Waals surface area contributed by atoms with Gasteiger partial charge in [0.25, 0.3) is 0 Å². The summed E-state index contributed by atoms with van der Waals surface area (Å²) in [5.74, 6) is 0.0299. The van der Waals surface area contributed by atoms with E-state index in [9.17, 15) is 4.79 Å². The van der Waals surface area contributed by atoms with Crippen molar-refractivity contribution in [2.75, 3.05) is 20.1 Å². The lowest BCUT2D eigenvalue weighted by Gasteiger charge is -2.02. The van der Waals surface area contributed by atoms with Crippen molar-refractivity contribution in [1.82, 2.24) is 20.8 Å². The van der Waals surface area contributed by atoms with E-state index in [0.717, 1.165) is 29.7 Å². The van der Waals surface area contributed by atoms with E-state index in [0.29, 0.717) is 12.4 Å². The number of nitrogens with one attached hydrogen (secondary N) is 2. The molecule has 2 N–H and O–H groups in total. The summed E-state index contributed by atoms with van der Waals surface area (Å²) in [6.07, 6.45) is 0.837. The maximum atomic E-state index is 12.0. The Kier molecular flexibility index (Phi) is 7.32. The molecule has 0 saturated heterocycles. The first-order valence-electron chi connectivity index (χ1n) is 8.20. The third-order valence-corrected chi connectivity index (χ3v) is 3.76. The van der Waals surface area contributed by atoms with Crippen LogP contribution in [0.5, 0.6) is 0 Å². The lowest BCUT2D eigenvalue weighted by Crippen LogP contribution is -2.26. The number of nitrogens with zero attached hydrogens (tertiary/aromatic N) is 2. The van der Waals surface area contributed by atoms with Gasteiger partial charge in [0.2, 0.25) is 5.82 Å². The van der Waals surface area contributed by atoms with Crippen molar-refractivity contribution in [3.63, 3.8) is 0 Å². The van der Waals surface area contributed by atoms with Gasteiger partial charge in [-0.05, 0) is 31.1 Å². The summed E-state index contributed by atoms with van der Waals surface area (Å²) in [6.45, 7) is 1.40. The van der Waals surface area contributed by atoms with E-state index in [-0.39, 0.29) is 24.2 Å². The van der Waals surface area contributed by atoms with Crippen molar-refractivity contribution < 1.29 is 9.32 Å². The SMILES string of the molecule is CNCCCNC(=O)c1nc(-c2ccc(-c3ccccc3)cc2)no1.Cl. The summed E-state index contributed by atoms with van der Waals surface area (Å²) >= 11 is 0. The van der Waals surface area contributed by atoms with Crippen molar-refractivity contribution in [3.05, 3.63) is 60.5 Å². The number of carbonyl (C=O) groups excluding carboxylic acids is 1. The fourth-order valence-electron chi connectivity index (χ4n) is 2.42. The molecule has 0 bridgehead atoms. The molecule has 3 aromatic rings. The summed E-state index contributed by atoms with van der Waals surface area (Å²) in [4.78, 5) is 16.1. The van der Waals surface area contributed by atoms with Crippen LogP contribution in [0.2, 0.25) is 0 Å². The highest BCUT2D eigenvalue weighted by Gasteiger charge is 2.15. The summed E-state index contributed by atoms with van der Waals surface area (Å²) in [5, 5.41) is 9.67. The van der Waals surface area contributed by atoms with Gasteiger partial charge in [0.1, 0.15) is 0 Å². The molecule has 0 aliphatic carbocycles. The molecule has 1 heterocycles. The molecule has 7 heteroatoms. The molecule has 0 spiro atoms. The monoisotopic (exact) mass is 372 g/mol. The van der Waals surface area contributed by atoms with Gasteiger partial charge in [-0.3, -0.25) is 4.79 Å². The zero-order valence-electron chi connectivity index (χ0n) is 14.4. The van der Waals surface area contributed by atoms with E-state index in [1.807, 2.05) is 49.5 Å². The normalized spacial score (nSPS) is 10.2. The molecule has 0 unspecified atom stereocenters. The molecule has 136 valence electrons. The van der Waals surface area contributed by atoms with E-state index >= 15 is 0 Å². The number of hydrogen-bond donors (Lipinski definition) is 2. The van der Waals surface area contributed by atoms with Crippen molar-refractivity contribution in [1.29, 1.82) is 0 Å². The van der Waals surface area contributed by atoms with Gasteiger partial charge in [-0.15, -0.1) is 12.4 Å². The number of benzene rings is 2. The summed E-state index contributed by atoms with van der Waals surface area (Å²) < 4.78 is 5.06. The van der Waals surface area contributed by atoms with Crippen LogP contribution in [0.25, 0.3) is 22.5 Å². The average molecular weight is 373 g/mol. The Morgan fingerprint density at radius 1 is 0.962 bits per heavy atom. The predicted octanol–water partition coefficient (Wildman–Crippen LogP) is 3.16. The van der Waals surface area contributed by atoms with E-state index in [4.69, 9.17) is 4.52 Å². The Morgan fingerprint density at radius 3 is 2.31 bits per heavy atom. The molecular formula is C19H21ClN4O2. The fourth-order valence-corrected chi connectivity index (χ4v) is 2.42. The average Bonchev–Trinajstić information content (AvgIpc) is 3.16. The van der Waals surface area contributed by atoms with E-state index in [1.54, 1.807) is 0 Å². The highest BCUT2D eigenvalue weighted by Crippen LogP contribution is 2.23. The van der Waals surface area contributed by atoms with Gasteiger partial charge in [0.15, 0.2) is 0 Å². The smallest absolute Gasteiger partial charge is 0.316 e. The minimum absolute atomic E-state index is 0. The van der Waals surface area contributed by atoms with Crippen molar-refractivity contribution >= 4 is 18.3 Å². The number of carbonyl (C=O) groups is 1. The fraction of sp³-hybridized carbons (Fsp3) is 0.211. The van der Waals surface area contributed by atoms with Gasteiger partial charge in [-0.2, -0.15) is 4.98 Å². The lowest BCUT2D eigenvalue weighted by molar-refractivity contribution is 0.0909. The Hall–Kier alpha value is -2.70. The van der Waals surface area contributed by atoms with Crippen LogP contribution in [-0.2, 0) is 0 Å². The van der Waals surface area contributed by atoms with Crippen molar-refractivity contribution in [2.45, 2.75) is 6.42 Å². The zero-order chi connectivity index (χ0) is 17.5. The first-order valence-corrected chi connectivity index (χ1v) is 8.20. The van der Waals surface area contributed by atoms with Gasteiger partial charge < -0.3 is 15.2 Å². The van der Waals surface area contributed by atoms with Crippen molar-refractivity contribution in [2.24, 2.45) is 0 Å². The van der Waals surface area contributed by atoms with Gasteiger partial charge in [-0.1, -0.05) is 59.8 Å².